The van der Waals surface area contributed by atoms with Gasteiger partial charge in [0, 0.05) is 37.7 Å². The molecule has 0 atom stereocenters. The minimum atomic E-state index is -0.516. The fourth-order valence-electron chi connectivity index (χ4n) is 2.60. The number of halogens is 3. The molecule has 2 N–H and O–H groups in total. The number of nitrogens with zero attached hydrogens (tertiary/aromatic N) is 1. The second kappa shape index (κ2) is 9.81. The topological polar surface area (TPSA) is 61.4 Å². The van der Waals surface area contributed by atoms with Crippen LogP contribution >= 0.6 is 24.0 Å². The van der Waals surface area contributed by atoms with Crippen molar-refractivity contribution in [3.05, 3.63) is 29.0 Å². The van der Waals surface area contributed by atoms with E-state index < -0.39 is 5.82 Å². The van der Waals surface area contributed by atoms with Crippen LogP contribution in [0.2, 0.25) is 5.02 Å². The van der Waals surface area contributed by atoms with Crippen molar-refractivity contribution in [1.82, 2.24) is 10.2 Å². The summed E-state index contributed by atoms with van der Waals surface area (Å²) >= 11 is 5.70. The van der Waals surface area contributed by atoms with E-state index in [-0.39, 0.29) is 35.2 Å². The number of anilines is 1. The molecule has 0 aromatic heterocycles. The maximum Gasteiger partial charge on any atom is 0.227 e. The fourth-order valence-corrected chi connectivity index (χ4v) is 2.78. The van der Waals surface area contributed by atoms with Gasteiger partial charge in [0.15, 0.2) is 0 Å². The van der Waals surface area contributed by atoms with Crippen molar-refractivity contribution < 1.29 is 14.0 Å². The molecular formula is C16H22Cl2FN3O2. The Morgan fingerprint density at radius 2 is 2.00 bits per heavy atom. The lowest BCUT2D eigenvalue weighted by Gasteiger charge is -2.31. The Bertz CT molecular complexity index is 578. The molecule has 2 rings (SSSR count). The average molecular weight is 378 g/mol. The summed E-state index contributed by atoms with van der Waals surface area (Å²) in [5.74, 6) is -0.663. The van der Waals surface area contributed by atoms with Gasteiger partial charge in [-0.05, 0) is 38.1 Å². The molecule has 0 radical (unpaired) electrons. The van der Waals surface area contributed by atoms with Crippen molar-refractivity contribution >= 4 is 41.5 Å². The van der Waals surface area contributed by atoms with E-state index in [9.17, 15) is 14.0 Å². The van der Waals surface area contributed by atoms with E-state index in [2.05, 4.69) is 10.6 Å². The van der Waals surface area contributed by atoms with Crippen LogP contribution in [-0.2, 0) is 9.59 Å². The molecule has 1 saturated heterocycles. The van der Waals surface area contributed by atoms with Gasteiger partial charge in [-0.1, -0.05) is 11.6 Å². The molecule has 5 nitrogen and oxygen atoms in total. The van der Waals surface area contributed by atoms with Crippen molar-refractivity contribution in [3.8, 4) is 0 Å². The lowest BCUT2D eigenvalue weighted by atomic mass is 9.95. The van der Waals surface area contributed by atoms with Gasteiger partial charge < -0.3 is 15.5 Å². The second-order valence-electron chi connectivity index (χ2n) is 5.63. The number of piperidine rings is 1. The van der Waals surface area contributed by atoms with Crippen LogP contribution in [0.25, 0.3) is 0 Å². The van der Waals surface area contributed by atoms with E-state index in [4.69, 9.17) is 11.6 Å². The molecule has 0 aliphatic carbocycles. The van der Waals surface area contributed by atoms with Gasteiger partial charge >= 0.3 is 0 Å². The molecule has 24 heavy (non-hydrogen) atoms. The van der Waals surface area contributed by atoms with Crippen LogP contribution < -0.4 is 10.6 Å². The highest BCUT2D eigenvalue weighted by Gasteiger charge is 2.27. The van der Waals surface area contributed by atoms with Gasteiger partial charge in [-0.25, -0.2) is 4.39 Å². The minimum Gasteiger partial charge on any atom is -0.343 e. The fraction of sp³-hybridized carbons (Fsp3) is 0.500. The van der Waals surface area contributed by atoms with Gasteiger partial charge in [0.05, 0.1) is 5.02 Å². The quantitative estimate of drug-likeness (QED) is 0.828. The molecule has 0 bridgehead atoms. The molecule has 8 heteroatoms. The lowest BCUT2D eigenvalue weighted by molar-refractivity contribution is -0.134. The Labute approximate surface area is 152 Å². The zero-order valence-electron chi connectivity index (χ0n) is 13.5. The summed E-state index contributed by atoms with van der Waals surface area (Å²) in [6.45, 7) is 1.83. The third-order valence-electron chi connectivity index (χ3n) is 3.99. The standard InChI is InChI=1S/C16H21ClFN3O2.ClH/c1-19-7-4-15(22)21-8-5-11(6-9-21)16(23)20-12-2-3-14(18)13(17)10-12;/h2-3,10-11,19H,4-9H2,1H3,(H,20,23);1H. The molecule has 0 saturated carbocycles. The van der Waals surface area contributed by atoms with Gasteiger partial charge in [0.1, 0.15) is 5.82 Å². The van der Waals surface area contributed by atoms with Crippen molar-refractivity contribution in [1.29, 1.82) is 0 Å². The Morgan fingerprint density at radius 1 is 1.33 bits per heavy atom. The van der Waals surface area contributed by atoms with Crippen LogP contribution in [0.1, 0.15) is 19.3 Å². The molecule has 0 unspecified atom stereocenters. The maximum atomic E-state index is 13.1. The molecule has 1 heterocycles. The number of amides is 2. The van der Waals surface area contributed by atoms with Gasteiger partial charge in [-0.3, -0.25) is 9.59 Å². The van der Waals surface area contributed by atoms with Crippen LogP contribution in [0.4, 0.5) is 10.1 Å². The number of hydrogen-bond acceptors (Lipinski definition) is 3. The summed E-state index contributed by atoms with van der Waals surface area (Å²) in [6, 6.07) is 4.10. The maximum absolute atomic E-state index is 13.1. The smallest absolute Gasteiger partial charge is 0.227 e. The minimum absolute atomic E-state index is 0. The van der Waals surface area contributed by atoms with E-state index in [0.29, 0.717) is 44.6 Å². The van der Waals surface area contributed by atoms with Gasteiger partial charge in [-0.15, -0.1) is 12.4 Å². The largest absolute Gasteiger partial charge is 0.343 e. The lowest BCUT2D eigenvalue weighted by Crippen LogP contribution is -2.42. The molecule has 1 aliphatic heterocycles. The number of benzene rings is 1. The van der Waals surface area contributed by atoms with Crippen molar-refractivity contribution in [2.75, 3.05) is 32.0 Å². The first kappa shape index (κ1) is 20.7. The first-order chi connectivity index (χ1) is 11.0. The van der Waals surface area contributed by atoms with Crippen LogP contribution in [0.15, 0.2) is 18.2 Å². The molecule has 134 valence electrons. The van der Waals surface area contributed by atoms with Gasteiger partial charge in [-0.2, -0.15) is 0 Å². The van der Waals surface area contributed by atoms with Crippen LogP contribution in [0.3, 0.4) is 0 Å². The molecule has 0 spiro atoms. The second-order valence-corrected chi connectivity index (χ2v) is 6.03. The Morgan fingerprint density at radius 3 is 2.58 bits per heavy atom. The summed E-state index contributed by atoms with van der Waals surface area (Å²) in [5, 5.41) is 5.69. The third kappa shape index (κ3) is 5.61. The molecule has 2 amide bonds. The average Bonchev–Trinajstić information content (AvgIpc) is 2.56. The molecule has 1 aromatic rings. The number of rotatable bonds is 5. The summed E-state index contributed by atoms with van der Waals surface area (Å²) in [6.07, 6.45) is 1.74. The van der Waals surface area contributed by atoms with Crippen molar-refractivity contribution in [3.63, 3.8) is 0 Å². The van der Waals surface area contributed by atoms with Crippen molar-refractivity contribution in [2.24, 2.45) is 5.92 Å². The molecule has 1 aromatic carbocycles. The molecule has 1 fully saturated rings. The predicted molar refractivity (Wildman–Crippen MR) is 95.1 cm³/mol. The SMILES string of the molecule is CNCCC(=O)N1CCC(C(=O)Nc2ccc(F)c(Cl)c2)CC1.Cl. The Kier molecular flexibility index (Phi) is 8.45. The summed E-state index contributed by atoms with van der Waals surface area (Å²) in [7, 11) is 1.81. The van der Waals surface area contributed by atoms with Gasteiger partial charge in [0.25, 0.3) is 0 Å². The van der Waals surface area contributed by atoms with Crippen LogP contribution in [0.5, 0.6) is 0 Å². The van der Waals surface area contributed by atoms with E-state index in [1.807, 2.05) is 7.05 Å². The zero-order chi connectivity index (χ0) is 16.8. The number of nitrogens with one attached hydrogen (secondary N) is 2. The summed E-state index contributed by atoms with van der Waals surface area (Å²) in [4.78, 5) is 26.0. The normalized spacial score (nSPS) is 14.9. The number of hydrogen-bond donors (Lipinski definition) is 2. The zero-order valence-corrected chi connectivity index (χ0v) is 15.1. The van der Waals surface area contributed by atoms with Crippen LogP contribution in [0, 0.1) is 11.7 Å². The molecular weight excluding hydrogens is 356 g/mol. The predicted octanol–water partition coefficient (Wildman–Crippen LogP) is 2.69. The highest BCUT2D eigenvalue weighted by Crippen LogP contribution is 2.23. The number of carbonyl (C=O) groups excluding carboxylic acids is 2. The van der Waals surface area contributed by atoms with Crippen LogP contribution in [-0.4, -0.2) is 43.4 Å². The van der Waals surface area contributed by atoms with E-state index in [1.54, 1.807) is 4.90 Å². The number of likely N-dealkylation sites (tertiary alicyclic amines) is 1. The Balaban J connectivity index is 0.00000288. The van der Waals surface area contributed by atoms with E-state index >= 15 is 0 Å². The first-order valence-electron chi connectivity index (χ1n) is 7.69. The first-order valence-corrected chi connectivity index (χ1v) is 8.07. The highest BCUT2D eigenvalue weighted by molar-refractivity contribution is 6.31. The van der Waals surface area contributed by atoms with E-state index in [0.717, 1.165) is 0 Å². The van der Waals surface area contributed by atoms with Gasteiger partial charge in [0.2, 0.25) is 11.8 Å². The monoisotopic (exact) mass is 377 g/mol. The summed E-state index contributed by atoms with van der Waals surface area (Å²) < 4.78 is 13.1. The molecule has 1 aliphatic rings. The number of carbonyl (C=O) groups is 2. The van der Waals surface area contributed by atoms with E-state index in [1.165, 1.54) is 18.2 Å². The van der Waals surface area contributed by atoms with Crippen molar-refractivity contribution in [2.45, 2.75) is 19.3 Å². The Hall–Kier alpha value is -1.37. The summed E-state index contributed by atoms with van der Waals surface area (Å²) in [5.41, 5.74) is 0.480. The third-order valence-corrected chi connectivity index (χ3v) is 4.28. The highest BCUT2D eigenvalue weighted by atomic mass is 35.5.